The van der Waals surface area contributed by atoms with Crippen molar-refractivity contribution in [2.45, 2.75) is 4.90 Å². The summed E-state index contributed by atoms with van der Waals surface area (Å²) >= 11 is 6.39. The molecule has 2 aromatic carbocycles. The molecule has 0 atom stereocenters. The van der Waals surface area contributed by atoms with Crippen LogP contribution in [0.2, 0.25) is 0 Å². The maximum absolute atomic E-state index is 13.1. The summed E-state index contributed by atoms with van der Waals surface area (Å²) in [5, 5.41) is 0. The van der Waals surface area contributed by atoms with Gasteiger partial charge in [0.25, 0.3) is 10.0 Å². The lowest BCUT2D eigenvalue weighted by Crippen LogP contribution is -2.14. The van der Waals surface area contributed by atoms with Gasteiger partial charge in [0.2, 0.25) is 0 Å². The predicted octanol–water partition coefficient (Wildman–Crippen LogP) is 3.73. The molecule has 3 N–H and O–H groups in total. The van der Waals surface area contributed by atoms with Crippen LogP contribution in [0.25, 0.3) is 0 Å². The van der Waals surface area contributed by atoms with Gasteiger partial charge in [-0.25, -0.2) is 12.8 Å². The summed E-state index contributed by atoms with van der Waals surface area (Å²) in [7, 11) is -3.80. The molecule has 0 radical (unpaired) electrons. The maximum Gasteiger partial charge on any atom is 0.263 e. The van der Waals surface area contributed by atoms with E-state index in [2.05, 4.69) is 36.6 Å². The molecule has 0 unspecified atom stereocenters. The van der Waals surface area contributed by atoms with Crippen LogP contribution in [0.4, 0.5) is 15.8 Å². The molecule has 2 rings (SSSR count). The van der Waals surface area contributed by atoms with Crippen LogP contribution in [-0.4, -0.2) is 8.42 Å². The second kappa shape index (κ2) is 5.71. The Kier molecular flexibility index (Phi) is 4.36. The summed E-state index contributed by atoms with van der Waals surface area (Å²) in [6.45, 7) is 0. The fraction of sp³-hybridized carbons (Fsp3) is 0. The van der Waals surface area contributed by atoms with Crippen LogP contribution in [0.1, 0.15) is 0 Å². The molecule has 0 fully saturated rings. The summed E-state index contributed by atoms with van der Waals surface area (Å²) in [5.41, 5.74) is 5.47. The first-order valence-corrected chi connectivity index (χ1v) is 8.39. The van der Waals surface area contributed by atoms with Gasteiger partial charge in [0.15, 0.2) is 0 Å². The average Bonchev–Trinajstić information content (AvgIpc) is 2.36. The van der Waals surface area contributed by atoms with Crippen LogP contribution in [0.5, 0.6) is 0 Å². The van der Waals surface area contributed by atoms with Gasteiger partial charge < -0.3 is 5.73 Å². The third-order valence-electron chi connectivity index (χ3n) is 2.43. The van der Waals surface area contributed by atoms with E-state index >= 15 is 0 Å². The first-order valence-electron chi connectivity index (χ1n) is 5.32. The lowest BCUT2D eigenvalue weighted by atomic mass is 10.3. The number of nitrogens with two attached hydrogens (primary N) is 1. The highest BCUT2D eigenvalue weighted by Crippen LogP contribution is 2.28. The topological polar surface area (TPSA) is 72.2 Å². The van der Waals surface area contributed by atoms with Gasteiger partial charge >= 0.3 is 0 Å². The first-order chi connectivity index (χ1) is 9.29. The fourth-order valence-electron chi connectivity index (χ4n) is 1.50. The minimum Gasteiger partial charge on any atom is -0.396 e. The highest BCUT2D eigenvalue weighted by molar-refractivity contribution is 9.11. The second-order valence-electron chi connectivity index (χ2n) is 3.92. The molecule has 0 aliphatic carbocycles. The van der Waals surface area contributed by atoms with Crippen LogP contribution in [-0.2, 0) is 10.0 Å². The highest BCUT2D eigenvalue weighted by atomic mass is 79.9. The molecule has 4 nitrogen and oxygen atoms in total. The van der Waals surface area contributed by atoms with E-state index in [4.69, 9.17) is 5.73 Å². The van der Waals surface area contributed by atoms with E-state index in [1.54, 1.807) is 12.1 Å². The minimum atomic E-state index is -3.80. The smallest absolute Gasteiger partial charge is 0.263 e. The molecule has 0 bridgehead atoms. The third-order valence-corrected chi connectivity index (χ3v) is 5.30. The fourth-order valence-corrected chi connectivity index (χ4v) is 4.05. The Morgan fingerprint density at radius 2 is 1.80 bits per heavy atom. The van der Waals surface area contributed by atoms with Gasteiger partial charge in [0, 0.05) is 8.95 Å². The van der Waals surface area contributed by atoms with Crippen molar-refractivity contribution in [1.82, 2.24) is 0 Å². The summed E-state index contributed by atoms with van der Waals surface area (Å²) < 4.78 is 41.0. The van der Waals surface area contributed by atoms with Crippen molar-refractivity contribution in [3.8, 4) is 0 Å². The Morgan fingerprint density at radius 3 is 2.45 bits per heavy atom. The number of nitrogen functional groups attached to an aromatic ring is 1. The first kappa shape index (κ1) is 15.3. The summed E-state index contributed by atoms with van der Waals surface area (Å²) in [4.78, 5) is 0.0646. The van der Waals surface area contributed by atoms with Gasteiger partial charge in [-0.15, -0.1) is 0 Å². The molecule has 20 heavy (non-hydrogen) atoms. The van der Waals surface area contributed by atoms with Gasteiger partial charge in [-0.3, -0.25) is 4.72 Å². The van der Waals surface area contributed by atoms with Gasteiger partial charge in [0.05, 0.1) is 11.4 Å². The summed E-state index contributed by atoms with van der Waals surface area (Å²) in [5.74, 6) is -0.600. The monoisotopic (exact) mass is 422 g/mol. The van der Waals surface area contributed by atoms with E-state index in [0.29, 0.717) is 8.95 Å². The second-order valence-corrected chi connectivity index (χ2v) is 7.34. The zero-order chi connectivity index (χ0) is 14.9. The van der Waals surface area contributed by atoms with E-state index < -0.39 is 15.8 Å². The van der Waals surface area contributed by atoms with Crippen molar-refractivity contribution >= 4 is 53.3 Å². The zero-order valence-corrected chi connectivity index (χ0v) is 13.9. The van der Waals surface area contributed by atoms with Crippen LogP contribution in [0, 0.1) is 5.82 Å². The molecule has 0 aromatic heterocycles. The number of sulfonamides is 1. The third kappa shape index (κ3) is 3.31. The van der Waals surface area contributed by atoms with Gasteiger partial charge in [0.1, 0.15) is 10.7 Å². The number of benzene rings is 2. The molecule has 0 saturated carbocycles. The highest BCUT2D eigenvalue weighted by Gasteiger charge is 2.18. The van der Waals surface area contributed by atoms with Crippen LogP contribution < -0.4 is 10.5 Å². The van der Waals surface area contributed by atoms with Crippen LogP contribution in [0.3, 0.4) is 0 Å². The van der Waals surface area contributed by atoms with Gasteiger partial charge in [-0.2, -0.15) is 0 Å². The Labute approximate surface area is 132 Å². The molecule has 0 saturated heterocycles. The van der Waals surface area contributed by atoms with Crippen molar-refractivity contribution in [2.24, 2.45) is 0 Å². The Balaban J connectivity index is 2.40. The SMILES string of the molecule is Nc1cc(NS(=O)(=O)c2cc(Br)ccc2Br)ccc1F. The van der Waals surface area contributed by atoms with Crippen LogP contribution in [0.15, 0.2) is 50.2 Å². The Hall–Kier alpha value is -1.12. The van der Waals surface area contributed by atoms with Crippen molar-refractivity contribution in [1.29, 1.82) is 0 Å². The van der Waals surface area contributed by atoms with Crippen molar-refractivity contribution < 1.29 is 12.8 Å². The molecule has 0 spiro atoms. The number of nitrogens with one attached hydrogen (secondary N) is 1. The maximum atomic E-state index is 13.1. The largest absolute Gasteiger partial charge is 0.396 e. The standard InChI is InChI=1S/C12H9Br2FN2O2S/c13-7-1-3-9(14)12(5-7)20(18,19)17-8-2-4-10(15)11(16)6-8/h1-6,17H,16H2. The molecule has 0 heterocycles. The number of hydrogen-bond donors (Lipinski definition) is 2. The predicted molar refractivity (Wildman–Crippen MR) is 83.5 cm³/mol. The molecule has 0 aliphatic rings. The minimum absolute atomic E-state index is 0.0646. The van der Waals surface area contributed by atoms with Gasteiger partial charge in [-0.05, 0) is 52.3 Å². The molecule has 0 amide bonds. The molecule has 0 aliphatic heterocycles. The number of rotatable bonds is 3. The van der Waals surface area contributed by atoms with E-state index in [1.165, 1.54) is 18.2 Å². The van der Waals surface area contributed by atoms with Crippen molar-refractivity contribution in [3.63, 3.8) is 0 Å². The van der Waals surface area contributed by atoms with E-state index in [9.17, 15) is 12.8 Å². The number of hydrogen-bond acceptors (Lipinski definition) is 3. The molecular weight excluding hydrogens is 415 g/mol. The Morgan fingerprint density at radius 1 is 1.10 bits per heavy atom. The Bertz CT molecular complexity index is 766. The van der Waals surface area contributed by atoms with E-state index in [0.717, 1.165) is 6.07 Å². The quantitative estimate of drug-likeness (QED) is 0.738. The zero-order valence-electron chi connectivity index (χ0n) is 9.90. The lowest BCUT2D eigenvalue weighted by Gasteiger charge is -2.10. The molecular formula is C12H9Br2FN2O2S. The van der Waals surface area contributed by atoms with Crippen molar-refractivity contribution in [3.05, 3.63) is 51.2 Å². The summed E-state index contributed by atoms with van der Waals surface area (Å²) in [6.07, 6.45) is 0. The molecule has 8 heteroatoms. The van der Waals surface area contributed by atoms with E-state index in [1.807, 2.05) is 0 Å². The molecule has 2 aromatic rings. The van der Waals surface area contributed by atoms with Crippen LogP contribution >= 0.6 is 31.9 Å². The van der Waals surface area contributed by atoms with Crippen molar-refractivity contribution in [2.75, 3.05) is 10.5 Å². The van der Waals surface area contributed by atoms with Gasteiger partial charge in [-0.1, -0.05) is 15.9 Å². The average molecular weight is 424 g/mol. The van der Waals surface area contributed by atoms with E-state index in [-0.39, 0.29) is 16.3 Å². The normalized spacial score (nSPS) is 11.3. The summed E-state index contributed by atoms with van der Waals surface area (Å²) in [6, 6.07) is 8.40. The number of halogens is 3. The number of anilines is 2. The molecule has 106 valence electrons. The lowest BCUT2D eigenvalue weighted by molar-refractivity contribution is 0.600.